The Kier molecular flexibility index (Phi) is 5.91. The predicted octanol–water partition coefficient (Wildman–Crippen LogP) is 5.13. The van der Waals surface area contributed by atoms with Gasteiger partial charge < -0.3 is 5.32 Å². The van der Waals surface area contributed by atoms with Gasteiger partial charge in [-0.2, -0.15) is 18.3 Å². The molecule has 0 saturated carbocycles. The van der Waals surface area contributed by atoms with Crippen molar-refractivity contribution in [2.24, 2.45) is 0 Å². The highest BCUT2D eigenvalue weighted by Gasteiger charge is 2.38. The van der Waals surface area contributed by atoms with Crippen LogP contribution in [0.2, 0.25) is 0 Å². The number of fused-ring (bicyclic) bond motifs is 1. The van der Waals surface area contributed by atoms with Gasteiger partial charge in [-0.1, -0.05) is 6.07 Å². The summed E-state index contributed by atoms with van der Waals surface area (Å²) in [6.45, 7) is 0.346. The fraction of sp³-hybridized carbons (Fsp3) is 0.250. The Bertz CT molecular complexity index is 1430. The lowest BCUT2D eigenvalue weighted by molar-refractivity contribution is -0.137. The fourth-order valence-electron chi connectivity index (χ4n) is 4.15. The summed E-state index contributed by atoms with van der Waals surface area (Å²) >= 11 is 0. The van der Waals surface area contributed by atoms with Gasteiger partial charge in [-0.3, -0.25) is 24.8 Å². The minimum absolute atomic E-state index is 0.00678. The van der Waals surface area contributed by atoms with Crippen molar-refractivity contribution in [3.63, 3.8) is 0 Å². The second kappa shape index (κ2) is 8.94. The third kappa shape index (κ3) is 5.03. The zero-order valence-corrected chi connectivity index (χ0v) is 18.6. The van der Waals surface area contributed by atoms with Crippen molar-refractivity contribution in [3.05, 3.63) is 71.9 Å². The molecule has 1 aliphatic rings. The van der Waals surface area contributed by atoms with E-state index in [1.165, 1.54) is 0 Å². The summed E-state index contributed by atoms with van der Waals surface area (Å²) in [7, 11) is 0. The monoisotopic (exact) mass is 502 g/mol. The second-order valence-corrected chi connectivity index (χ2v) is 8.65. The van der Waals surface area contributed by atoms with Gasteiger partial charge in [-0.25, -0.2) is 8.78 Å². The molecule has 0 atom stereocenters. The summed E-state index contributed by atoms with van der Waals surface area (Å²) in [6, 6.07) is 7.86. The van der Waals surface area contributed by atoms with Gasteiger partial charge in [0.15, 0.2) is 5.69 Å². The number of aromatic nitrogens is 4. The number of nitrogens with one attached hydrogen (secondary N) is 2. The van der Waals surface area contributed by atoms with E-state index in [-0.39, 0.29) is 24.3 Å². The number of aromatic amines is 1. The maximum Gasteiger partial charge on any atom is 0.417 e. The van der Waals surface area contributed by atoms with Crippen LogP contribution in [0.15, 0.2) is 55.1 Å². The molecule has 7 nitrogen and oxygen atoms in total. The van der Waals surface area contributed by atoms with Crippen molar-refractivity contribution in [2.75, 3.05) is 18.4 Å². The van der Waals surface area contributed by atoms with Gasteiger partial charge in [0.05, 0.1) is 29.5 Å². The van der Waals surface area contributed by atoms with Crippen LogP contribution in [-0.4, -0.2) is 50.0 Å². The number of halogens is 5. The van der Waals surface area contributed by atoms with Crippen LogP contribution in [0.25, 0.3) is 22.0 Å². The Morgan fingerprint density at radius 2 is 1.86 bits per heavy atom. The maximum absolute atomic E-state index is 13.5. The number of anilines is 1. The summed E-state index contributed by atoms with van der Waals surface area (Å²) in [5.41, 5.74) is 1.63. The molecule has 186 valence electrons. The molecule has 0 spiro atoms. The molecule has 1 aliphatic heterocycles. The number of carbonyl (C=O) groups excluding carboxylic acids is 1. The number of carbonyl (C=O) groups is 1. The smallest absolute Gasteiger partial charge is 0.319 e. The number of hydrogen-bond donors (Lipinski definition) is 2. The van der Waals surface area contributed by atoms with Gasteiger partial charge in [-0.05, 0) is 35.4 Å². The number of nitrogens with zero attached hydrogens (tertiary/aromatic N) is 4. The van der Waals surface area contributed by atoms with Crippen molar-refractivity contribution >= 4 is 22.5 Å². The number of rotatable bonds is 5. The van der Waals surface area contributed by atoms with Gasteiger partial charge >= 0.3 is 6.18 Å². The van der Waals surface area contributed by atoms with Gasteiger partial charge in [0.2, 0.25) is 0 Å². The van der Waals surface area contributed by atoms with E-state index in [0.29, 0.717) is 35.8 Å². The predicted molar refractivity (Wildman–Crippen MR) is 121 cm³/mol. The van der Waals surface area contributed by atoms with Crippen molar-refractivity contribution in [1.82, 2.24) is 25.1 Å². The number of likely N-dealkylation sites (tertiary alicyclic amines) is 1. The first-order valence-corrected chi connectivity index (χ1v) is 10.9. The lowest BCUT2D eigenvalue weighted by Gasteiger charge is -2.15. The van der Waals surface area contributed by atoms with E-state index in [0.717, 1.165) is 23.4 Å². The Morgan fingerprint density at radius 3 is 2.61 bits per heavy atom. The molecule has 1 saturated heterocycles. The number of pyridine rings is 2. The summed E-state index contributed by atoms with van der Waals surface area (Å²) in [4.78, 5) is 22.3. The lowest BCUT2D eigenvalue weighted by atomic mass is 10.0. The van der Waals surface area contributed by atoms with Crippen molar-refractivity contribution in [3.8, 4) is 11.1 Å². The second-order valence-electron chi connectivity index (χ2n) is 8.65. The zero-order chi connectivity index (χ0) is 25.5. The van der Waals surface area contributed by atoms with Crippen LogP contribution in [0.1, 0.15) is 28.0 Å². The average molecular weight is 502 g/mol. The topological polar surface area (TPSA) is 86.8 Å². The van der Waals surface area contributed by atoms with Crippen molar-refractivity contribution in [1.29, 1.82) is 0 Å². The number of benzene rings is 1. The van der Waals surface area contributed by atoms with Crippen LogP contribution in [0.3, 0.4) is 0 Å². The molecule has 36 heavy (non-hydrogen) atoms. The van der Waals surface area contributed by atoms with Gasteiger partial charge in [0.25, 0.3) is 11.8 Å². The van der Waals surface area contributed by atoms with E-state index in [1.54, 1.807) is 35.5 Å². The maximum atomic E-state index is 13.5. The standard InChI is InChI=1S/C24H19F5N6O/c25-23(26)3-4-35(13-23)12-14-5-16(9-30-8-14)15-1-2-20-19(6-15)21(34-33-20)22(36)32-18-7-17(10-31-11-18)24(27,28)29/h1-2,5-11H,3-4,12-13H2,(H,32,36)(H,33,34). The molecule has 0 unspecified atom stereocenters. The molecule has 1 aromatic carbocycles. The van der Waals surface area contributed by atoms with E-state index in [2.05, 4.69) is 25.5 Å². The number of H-pyrrole nitrogens is 1. The number of alkyl halides is 5. The highest BCUT2D eigenvalue weighted by atomic mass is 19.4. The summed E-state index contributed by atoms with van der Waals surface area (Å²) < 4.78 is 65.9. The average Bonchev–Trinajstić information content (AvgIpc) is 3.41. The quantitative estimate of drug-likeness (QED) is 0.370. The summed E-state index contributed by atoms with van der Waals surface area (Å²) in [5.74, 6) is -3.39. The first kappa shape index (κ1) is 23.8. The minimum Gasteiger partial charge on any atom is -0.319 e. The SMILES string of the molecule is O=C(Nc1cncc(C(F)(F)F)c1)c1n[nH]c2ccc(-c3cncc(CN4CCC(F)(F)C4)c3)cc12. The molecular formula is C24H19F5N6O. The third-order valence-electron chi connectivity index (χ3n) is 5.88. The highest BCUT2D eigenvalue weighted by Crippen LogP contribution is 2.31. The molecule has 4 heterocycles. The fourth-order valence-corrected chi connectivity index (χ4v) is 4.15. The largest absolute Gasteiger partial charge is 0.417 e. The van der Waals surface area contributed by atoms with E-state index in [4.69, 9.17) is 0 Å². The van der Waals surface area contributed by atoms with Gasteiger partial charge in [0.1, 0.15) is 0 Å². The molecule has 1 amide bonds. The van der Waals surface area contributed by atoms with E-state index < -0.39 is 23.6 Å². The molecule has 3 aromatic heterocycles. The Morgan fingerprint density at radius 1 is 1.06 bits per heavy atom. The molecular weight excluding hydrogens is 483 g/mol. The molecule has 2 N–H and O–H groups in total. The summed E-state index contributed by atoms with van der Waals surface area (Å²) in [5, 5.41) is 9.62. The number of hydrogen-bond acceptors (Lipinski definition) is 5. The summed E-state index contributed by atoms with van der Waals surface area (Å²) in [6.07, 6.45) is 0.262. The molecule has 0 aliphatic carbocycles. The Hall–Kier alpha value is -3.93. The van der Waals surface area contributed by atoms with Crippen LogP contribution >= 0.6 is 0 Å². The molecule has 12 heteroatoms. The van der Waals surface area contributed by atoms with E-state index in [1.807, 2.05) is 6.07 Å². The lowest BCUT2D eigenvalue weighted by Crippen LogP contribution is -2.24. The van der Waals surface area contributed by atoms with Crippen LogP contribution in [0.5, 0.6) is 0 Å². The van der Waals surface area contributed by atoms with Crippen molar-refractivity contribution < 1.29 is 26.7 Å². The van der Waals surface area contributed by atoms with Crippen LogP contribution in [0.4, 0.5) is 27.6 Å². The van der Waals surface area contributed by atoms with Gasteiger partial charge in [0, 0.05) is 49.1 Å². The Balaban J connectivity index is 1.39. The molecule has 0 bridgehead atoms. The number of amides is 1. The van der Waals surface area contributed by atoms with Gasteiger partial charge in [-0.15, -0.1) is 0 Å². The molecule has 0 radical (unpaired) electrons. The van der Waals surface area contributed by atoms with Crippen LogP contribution in [0, 0.1) is 0 Å². The van der Waals surface area contributed by atoms with Crippen molar-refractivity contribution in [2.45, 2.75) is 25.1 Å². The Labute approximate surface area is 201 Å². The zero-order valence-electron chi connectivity index (χ0n) is 18.6. The first-order valence-electron chi connectivity index (χ1n) is 10.9. The molecule has 1 fully saturated rings. The minimum atomic E-state index is -4.60. The molecule has 5 rings (SSSR count). The first-order chi connectivity index (χ1) is 17.1. The van der Waals surface area contributed by atoms with Crippen LogP contribution in [-0.2, 0) is 12.7 Å². The van der Waals surface area contributed by atoms with E-state index in [9.17, 15) is 26.7 Å². The third-order valence-corrected chi connectivity index (χ3v) is 5.88. The van der Waals surface area contributed by atoms with E-state index >= 15 is 0 Å². The van der Waals surface area contributed by atoms with Crippen LogP contribution < -0.4 is 5.32 Å². The normalized spacial score (nSPS) is 15.9. The highest BCUT2D eigenvalue weighted by molar-refractivity contribution is 6.11. The molecule has 4 aromatic rings.